The maximum Gasteiger partial charge on any atom is 0.416 e. The van der Waals surface area contributed by atoms with Crippen LogP contribution in [-0.2, 0) is 12.4 Å². The maximum atomic E-state index is 13.6. The molecule has 0 radical (unpaired) electrons. The van der Waals surface area contributed by atoms with Crippen molar-refractivity contribution in [2.45, 2.75) is 26.2 Å². The first-order chi connectivity index (χ1) is 19.9. The van der Waals surface area contributed by atoms with Crippen molar-refractivity contribution in [2.24, 2.45) is 0 Å². The lowest BCUT2D eigenvalue weighted by atomic mass is 9.82. The van der Waals surface area contributed by atoms with Gasteiger partial charge in [0.1, 0.15) is 0 Å². The first-order valence-electron chi connectivity index (χ1n) is 13.3. The molecule has 0 bridgehead atoms. The summed E-state index contributed by atoms with van der Waals surface area (Å²) < 4.78 is 81.9. The summed E-state index contributed by atoms with van der Waals surface area (Å²) in [6, 6.07) is 29.7. The quantitative estimate of drug-likeness (QED) is 0.186. The van der Waals surface area contributed by atoms with E-state index in [4.69, 9.17) is 0 Å². The van der Waals surface area contributed by atoms with E-state index in [0.29, 0.717) is 22.3 Å². The van der Waals surface area contributed by atoms with Crippen LogP contribution in [0.4, 0.5) is 26.3 Å². The maximum absolute atomic E-state index is 13.6. The number of rotatable bonds is 3. The molecule has 6 rings (SSSR count). The molecule has 6 aromatic carbocycles. The molecule has 6 heteroatoms. The van der Waals surface area contributed by atoms with Gasteiger partial charge in [0.25, 0.3) is 0 Å². The van der Waals surface area contributed by atoms with Crippen LogP contribution in [0.3, 0.4) is 0 Å². The Kier molecular flexibility index (Phi) is 6.60. The Morgan fingerprint density at radius 2 is 0.810 bits per heavy atom. The summed E-state index contributed by atoms with van der Waals surface area (Å²) in [6.07, 6.45) is -8.98. The van der Waals surface area contributed by atoms with Crippen LogP contribution in [0.5, 0.6) is 0 Å². The molecule has 0 atom stereocenters. The van der Waals surface area contributed by atoms with Gasteiger partial charge in [-0.05, 0) is 116 Å². The Morgan fingerprint density at radius 1 is 0.429 bits per heavy atom. The fourth-order valence-corrected chi connectivity index (χ4v) is 5.87. The molecule has 0 N–H and O–H groups in total. The van der Waals surface area contributed by atoms with Gasteiger partial charge in [-0.3, -0.25) is 0 Å². The van der Waals surface area contributed by atoms with Crippen LogP contribution in [0.15, 0.2) is 109 Å². The van der Waals surface area contributed by atoms with Crippen molar-refractivity contribution in [1.29, 1.82) is 0 Å². The van der Waals surface area contributed by atoms with E-state index < -0.39 is 23.5 Å². The molecule has 210 valence electrons. The zero-order valence-corrected chi connectivity index (χ0v) is 22.7. The molecular weight excluding hydrogens is 546 g/mol. The number of fused-ring (bicyclic) bond motifs is 2. The third-order valence-corrected chi connectivity index (χ3v) is 7.87. The SMILES string of the molecule is Cc1c(-c2cccc(C(F)(F)F)c2)cc2ccccc2c1-c1c(C)c(-c2cccc(C(F)(F)F)c2)cc2ccccc12. The minimum atomic E-state index is -4.49. The van der Waals surface area contributed by atoms with Crippen molar-refractivity contribution >= 4 is 21.5 Å². The normalized spacial score (nSPS) is 12.3. The molecule has 0 nitrogen and oxygen atoms in total. The third kappa shape index (κ3) is 4.81. The lowest BCUT2D eigenvalue weighted by Gasteiger charge is -2.22. The molecule has 0 aromatic heterocycles. The van der Waals surface area contributed by atoms with E-state index >= 15 is 0 Å². The van der Waals surface area contributed by atoms with Gasteiger partial charge in [0.15, 0.2) is 0 Å². The van der Waals surface area contributed by atoms with Crippen molar-refractivity contribution < 1.29 is 26.3 Å². The van der Waals surface area contributed by atoms with Crippen LogP contribution in [0.2, 0.25) is 0 Å². The van der Waals surface area contributed by atoms with Crippen LogP contribution < -0.4 is 0 Å². The van der Waals surface area contributed by atoms with Gasteiger partial charge >= 0.3 is 12.4 Å². The van der Waals surface area contributed by atoms with Crippen molar-refractivity contribution in [3.8, 4) is 33.4 Å². The number of alkyl halides is 6. The highest BCUT2D eigenvalue weighted by Gasteiger charge is 2.32. The smallest absolute Gasteiger partial charge is 0.166 e. The van der Waals surface area contributed by atoms with Gasteiger partial charge in [-0.15, -0.1) is 0 Å². The first kappa shape index (κ1) is 27.6. The second-order valence-electron chi connectivity index (χ2n) is 10.4. The van der Waals surface area contributed by atoms with Crippen LogP contribution in [0.1, 0.15) is 22.3 Å². The largest absolute Gasteiger partial charge is 0.416 e. The van der Waals surface area contributed by atoms with Crippen molar-refractivity contribution in [3.05, 3.63) is 131 Å². The summed E-state index contributed by atoms with van der Waals surface area (Å²) >= 11 is 0. The van der Waals surface area contributed by atoms with Crippen LogP contribution in [0, 0.1) is 13.8 Å². The highest BCUT2D eigenvalue weighted by molar-refractivity contribution is 6.11. The van der Waals surface area contributed by atoms with Crippen molar-refractivity contribution in [2.75, 3.05) is 0 Å². The molecule has 0 spiro atoms. The Balaban J connectivity index is 1.71. The highest BCUT2D eigenvalue weighted by Crippen LogP contribution is 2.46. The molecule has 0 aliphatic rings. The van der Waals surface area contributed by atoms with Crippen LogP contribution >= 0.6 is 0 Å². The van der Waals surface area contributed by atoms with E-state index in [1.807, 2.05) is 74.5 Å². The van der Waals surface area contributed by atoms with E-state index in [9.17, 15) is 26.3 Å². The Labute approximate surface area is 238 Å². The van der Waals surface area contributed by atoms with Gasteiger partial charge in [-0.25, -0.2) is 0 Å². The monoisotopic (exact) mass is 570 g/mol. The van der Waals surface area contributed by atoms with Gasteiger partial charge in [0, 0.05) is 0 Å². The minimum absolute atomic E-state index is 0.435. The summed E-state index contributed by atoms with van der Waals surface area (Å²) in [5.74, 6) is 0. The number of hydrogen-bond acceptors (Lipinski definition) is 0. The molecule has 0 unspecified atom stereocenters. The lowest BCUT2D eigenvalue weighted by Crippen LogP contribution is -2.05. The molecule has 0 saturated heterocycles. The standard InChI is InChI=1S/C36H24F6/c1-21-31(23-11-7-13-27(17-23)35(37,38)39)19-25-9-3-5-15-29(25)33(21)34-22(2)32(20-26-10-4-6-16-30(26)34)24-12-8-14-28(18-24)36(40,41)42/h3-20H,1-2H3. The van der Waals surface area contributed by atoms with E-state index in [0.717, 1.165) is 68.1 Å². The zero-order valence-electron chi connectivity index (χ0n) is 22.7. The van der Waals surface area contributed by atoms with Gasteiger partial charge in [-0.1, -0.05) is 72.8 Å². The molecule has 0 aliphatic carbocycles. The third-order valence-electron chi connectivity index (χ3n) is 7.87. The Bertz CT molecular complexity index is 1830. The molecule has 0 aliphatic heterocycles. The van der Waals surface area contributed by atoms with Gasteiger partial charge in [0.05, 0.1) is 11.1 Å². The summed E-state index contributed by atoms with van der Waals surface area (Å²) in [5, 5.41) is 3.50. The predicted molar refractivity (Wildman–Crippen MR) is 157 cm³/mol. The number of halogens is 6. The number of benzene rings is 6. The van der Waals surface area contributed by atoms with Gasteiger partial charge < -0.3 is 0 Å². The van der Waals surface area contributed by atoms with E-state index in [-0.39, 0.29) is 0 Å². The first-order valence-corrected chi connectivity index (χ1v) is 13.3. The highest BCUT2D eigenvalue weighted by atomic mass is 19.4. The average Bonchev–Trinajstić information content (AvgIpc) is 2.96. The van der Waals surface area contributed by atoms with Crippen molar-refractivity contribution in [1.82, 2.24) is 0 Å². The second-order valence-corrected chi connectivity index (χ2v) is 10.4. The zero-order chi connectivity index (χ0) is 29.8. The van der Waals surface area contributed by atoms with Gasteiger partial charge in [0.2, 0.25) is 0 Å². The summed E-state index contributed by atoms with van der Waals surface area (Å²) in [6.45, 7) is 3.78. The average molecular weight is 571 g/mol. The lowest BCUT2D eigenvalue weighted by molar-refractivity contribution is -0.138. The minimum Gasteiger partial charge on any atom is -0.166 e. The fourth-order valence-electron chi connectivity index (χ4n) is 5.87. The topological polar surface area (TPSA) is 0 Å². The van der Waals surface area contributed by atoms with Crippen LogP contribution in [0.25, 0.3) is 54.9 Å². The fraction of sp³-hybridized carbons (Fsp3) is 0.111. The molecule has 42 heavy (non-hydrogen) atoms. The predicted octanol–water partition coefficient (Wildman–Crippen LogP) is 11.6. The van der Waals surface area contributed by atoms with E-state index in [1.54, 1.807) is 12.1 Å². The molecule has 0 heterocycles. The van der Waals surface area contributed by atoms with Gasteiger partial charge in [-0.2, -0.15) is 26.3 Å². The van der Waals surface area contributed by atoms with Crippen LogP contribution in [-0.4, -0.2) is 0 Å². The molecule has 0 amide bonds. The van der Waals surface area contributed by atoms with Crippen molar-refractivity contribution in [3.63, 3.8) is 0 Å². The molecule has 0 fully saturated rings. The second kappa shape index (κ2) is 10.1. The summed E-state index contributed by atoms with van der Waals surface area (Å²) in [5.41, 5.74) is 3.95. The summed E-state index contributed by atoms with van der Waals surface area (Å²) in [4.78, 5) is 0. The Morgan fingerprint density at radius 3 is 1.19 bits per heavy atom. The molecular formula is C36H24F6. The molecule has 0 saturated carbocycles. The summed E-state index contributed by atoms with van der Waals surface area (Å²) in [7, 11) is 0. The van der Waals surface area contributed by atoms with E-state index in [1.165, 1.54) is 12.1 Å². The number of hydrogen-bond donors (Lipinski definition) is 0. The Hall–Kier alpha value is -4.58. The molecule has 6 aromatic rings. The van der Waals surface area contributed by atoms with E-state index in [2.05, 4.69) is 0 Å².